The molecule has 0 aliphatic carbocycles. The van der Waals surface area contributed by atoms with Crippen molar-refractivity contribution in [3.05, 3.63) is 65.2 Å². The lowest BCUT2D eigenvalue weighted by Gasteiger charge is -2.17. The number of anilines is 1. The van der Waals surface area contributed by atoms with Crippen molar-refractivity contribution in [2.45, 2.75) is 4.90 Å². The van der Waals surface area contributed by atoms with Gasteiger partial charge in [0.1, 0.15) is 0 Å². The molecule has 0 bridgehead atoms. The zero-order chi connectivity index (χ0) is 17.7. The predicted molar refractivity (Wildman–Crippen MR) is 103 cm³/mol. The predicted octanol–water partition coefficient (Wildman–Crippen LogP) is 3.54. The van der Waals surface area contributed by atoms with Crippen molar-refractivity contribution in [3.63, 3.8) is 0 Å². The lowest BCUT2D eigenvalue weighted by Crippen LogP contribution is -2.21. The van der Waals surface area contributed by atoms with E-state index >= 15 is 0 Å². The molecule has 0 aliphatic rings. The standard InChI is InChI=1S/C18H19ClN2O2S/c1-21(2)24(3,23)16-11-9-15(10-12-16)20-18(22)13-8-14-6-4-5-7-17(14)19/h4-13H,3H2,1-2H3,(H,20,22)/b13-8+. The highest BCUT2D eigenvalue weighted by Crippen LogP contribution is 2.18. The van der Waals surface area contributed by atoms with Crippen LogP contribution in [0.1, 0.15) is 5.56 Å². The van der Waals surface area contributed by atoms with Crippen molar-refractivity contribution in [1.82, 2.24) is 4.31 Å². The Kier molecular flexibility index (Phi) is 5.83. The minimum atomic E-state index is -2.48. The van der Waals surface area contributed by atoms with E-state index in [-0.39, 0.29) is 5.91 Å². The molecule has 1 atom stereocenters. The zero-order valence-corrected chi connectivity index (χ0v) is 15.1. The van der Waals surface area contributed by atoms with Gasteiger partial charge in [-0.05, 0) is 61.9 Å². The van der Waals surface area contributed by atoms with Gasteiger partial charge in [-0.2, -0.15) is 0 Å². The lowest BCUT2D eigenvalue weighted by atomic mass is 10.2. The summed E-state index contributed by atoms with van der Waals surface area (Å²) in [6, 6.07) is 14.1. The first-order chi connectivity index (χ1) is 11.3. The SMILES string of the molecule is C=S(=O)(c1ccc(NC(=O)/C=C/c2ccccc2Cl)cc1)N(C)C. The van der Waals surface area contributed by atoms with Crippen molar-refractivity contribution < 1.29 is 9.00 Å². The Hall–Kier alpha value is -2.08. The number of halogens is 1. The summed E-state index contributed by atoms with van der Waals surface area (Å²) in [5, 5.41) is 3.33. The molecule has 126 valence electrons. The number of carbonyl (C=O) groups excluding carboxylic acids is 1. The van der Waals surface area contributed by atoms with E-state index in [1.165, 1.54) is 6.08 Å². The van der Waals surface area contributed by atoms with E-state index in [4.69, 9.17) is 11.6 Å². The second kappa shape index (κ2) is 7.66. The summed E-state index contributed by atoms with van der Waals surface area (Å²) in [7, 11) is 0.944. The quantitative estimate of drug-likeness (QED) is 0.653. The Morgan fingerprint density at radius 3 is 2.38 bits per heavy atom. The number of rotatable bonds is 5. The van der Waals surface area contributed by atoms with Crippen LogP contribution in [0.3, 0.4) is 0 Å². The number of hydrogen-bond acceptors (Lipinski definition) is 2. The van der Waals surface area contributed by atoms with Crippen molar-refractivity contribution >= 4 is 44.8 Å². The van der Waals surface area contributed by atoms with E-state index in [1.807, 2.05) is 18.2 Å². The highest BCUT2D eigenvalue weighted by atomic mass is 35.5. The van der Waals surface area contributed by atoms with Crippen molar-refractivity contribution in [1.29, 1.82) is 0 Å². The fourth-order valence-corrected chi connectivity index (χ4v) is 3.10. The van der Waals surface area contributed by atoms with Gasteiger partial charge in [0.2, 0.25) is 5.91 Å². The molecule has 0 saturated heterocycles. The molecule has 1 N–H and O–H groups in total. The number of hydrogen-bond donors (Lipinski definition) is 1. The Balaban J connectivity index is 2.06. The third kappa shape index (κ3) is 4.47. The summed E-state index contributed by atoms with van der Waals surface area (Å²) >= 11 is 6.03. The van der Waals surface area contributed by atoms with E-state index in [0.29, 0.717) is 15.6 Å². The summed E-state index contributed by atoms with van der Waals surface area (Å²) in [4.78, 5) is 12.6. The van der Waals surface area contributed by atoms with Crippen LogP contribution >= 0.6 is 11.6 Å². The van der Waals surface area contributed by atoms with Crippen molar-refractivity contribution in [2.24, 2.45) is 0 Å². The highest BCUT2D eigenvalue weighted by Gasteiger charge is 2.10. The average Bonchev–Trinajstić information content (AvgIpc) is 2.54. The van der Waals surface area contributed by atoms with Crippen LogP contribution in [0.15, 0.2) is 59.5 Å². The van der Waals surface area contributed by atoms with Gasteiger partial charge >= 0.3 is 0 Å². The van der Waals surface area contributed by atoms with Gasteiger partial charge in [0.15, 0.2) is 0 Å². The van der Waals surface area contributed by atoms with E-state index < -0.39 is 9.71 Å². The first-order valence-corrected chi connectivity index (χ1v) is 9.25. The number of amides is 1. The molecule has 0 heterocycles. The van der Waals surface area contributed by atoms with Crippen LogP contribution in [0.5, 0.6) is 0 Å². The smallest absolute Gasteiger partial charge is 0.248 e. The van der Waals surface area contributed by atoms with E-state index in [9.17, 15) is 9.00 Å². The molecule has 2 aromatic carbocycles. The van der Waals surface area contributed by atoms with Gasteiger partial charge in [0.05, 0.1) is 9.71 Å². The van der Waals surface area contributed by atoms with Gasteiger partial charge in [0.25, 0.3) is 0 Å². The zero-order valence-electron chi connectivity index (χ0n) is 13.5. The van der Waals surface area contributed by atoms with Crippen LogP contribution in [-0.2, 0) is 14.5 Å². The molecule has 1 unspecified atom stereocenters. The fraction of sp³-hybridized carbons (Fsp3) is 0.111. The molecule has 24 heavy (non-hydrogen) atoms. The summed E-state index contributed by atoms with van der Waals surface area (Å²) in [6.07, 6.45) is 3.07. The number of carbonyl (C=O) groups is 1. The maximum Gasteiger partial charge on any atom is 0.248 e. The summed E-state index contributed by atoms with van der Waals surface area (Å²) in [5.74, 6) is 3.47. The second-order valence-corrected chi connectivity index (χ2v) is 8.21. The van der Waals surface area contributed by atoms with E-state index in [0.717, 1.165) is 5.56 Å². The normalized spacial score (nSPS) is 13.8. The molecule has 1 amide bonds. The van der Waals surface area contributed by atoms with Crippen LogP contribution in [0.4, 0.5) is 5.69 Å². The molecule has 0 aliphatic heterocycles. The molecule has 2 aromatic rings. The Morgan fingerprint density at radius 2 is 1.79 bits per heavy atom. The molecule has 4 nitrogen and oxygen atoms in total. The van der Waals surface area contributed by atoms with Crippen LogP contribution < -0.4 is 5.32 Å². The number of nitrogens with one attached hydrogen (secondary N) is 1. The van der Waals surface area contributed by atoms with Gasteiger partial charge in [-0.3, -0.25) is 4.79 Å². The third-order valence-electron chi connectivity index (χ3n) is 3.40. The monoisotopic (exact) mass is 362 g/mol. The molecular formula is C18H19ClN2O2S. The number of nitrogens with zero attached hydrogens (tertiary/aromatic N) is 1. The van der Waals surface area contributed by atoms with E-state index in [2.05, 4.69) is 11.2 Å². The first-order valence-electron chi connectivity index (χ1n) is 7.19. The molecule has 0 spiro atoms. The highest BCUT2D eigenvalue weighted by molar-refractivity contribution is 7.98. The lowest BCUT2D eigenvalue weighted by molar-refractivity contribution is -0.111. The number of benzene rings is 2. The third-order valence-corrected chi connectivity index (χ3v) is 5.93. The average molecular weight is 363 g/mol. The summed E-state index contributed by atoms with van der Waals surface area (Å²) in [5.41, 5.74) is 1.38. The molecule has 0 radical (unpaired) electrons. The largest absolute Gasteiger partial charge is 0.323 e. The molecule has 0 aromatic heterocycles. The second-order valence-electron chi connectivity index (χ2n) is 5.32. The summed E-state index contributed by atoms with van der Waals surface area (Å²) < 4.78 is 14.0. The molecular weight excluding hydrogens is 344 g/mol. The van der Waals surface area contributed by atoms with Gasteiger partial charge in [-0.15, -0.1) is 0 Å². The van der Waals surface area contributed by atoms with E-state index in [1.54, 1.807) is 54.8 Å². The molecule has 0 saturated carbocycles. The maximum absolute atomic E-state index is 12.4. The van der Waals surface area contributed by atoms with Crippen LogP contribution in [0, 0.1) is 0 Å². The minimum absolute atomic E-state index is 0.273. The van der Waals surface area contributed by atoms with Gasteiger partial charge < -0.3 is 5.32 Å². The molecule has 0 fully saturated rings. The molecule has 2 rings (SSSR count). The van der Waals surface area contributed by atoms with Gasteiger partial charge in [0, 0.05) is 21.7 Å². The Morgan fingerprint density at radius 1 is 1.17 bits per heavy atom. The van der Waals surface area contributed by atoms with Crippen molar-refractivity contribution in [2.75, 3.05) is 19.4 Å². The van der Waals surface area contributed by atoms with Crippen molar-refractivity contribution in [3.8, 4) is 0 Å². The fourth-order valence-electron chi connectivity index (χ4n) is 1.92. The maximum atomic E-state index is 12.4. The van der Waals surface area contributed by atoms with Gasteiger partial charge in [-0.1, -0.05) is 29.8 Å². The Labute approximate surface area is 147 Å². The van der Waals surface area contributed by atoms with Crippen LogP contribution in [0.25, 0.3) is 6.08 Å². The topological polar surface area (TPSA) is 49.4 Å². The van der Waals surface area contributed by atoms with Gasteiger partial charge in [-0.25, -0.2) is 8.51 Å². The Bertz CT molecular complexity index is 857. The minimum Gasteiger partial charge on any atom is -0.323 e. The first kappa shape index (κ1) is 18.3. The molecule has 6 heteroatoms. The summed E-state index contributed by atoms with van der Waals surface area (Å²) in [6.45, 7) is 0. The van der Waals surface area contributed by atoms with Crippen LogP contribution in [0.2, 0.25) is 5.02 Å². The van der Waals surface area contributed by atoms with Crippen LogP contribution in [-0.4, -0.2) is 34.4 Å².